The molecule has 1 rings (SSSR count). The quantitative estimate of drug-likeness (QED) is 0.666. The second-order valence-electron chi connectivity index (χ2n) is 4.39. The summed E-state index contributed by atoms with van der Waals surface area (Å²) in [5, 5.41) is 3.56. The zero-order valence-electron chi connectivity index (χ0n) is 9.31. The van der Waals surface area contributed by atoms with Crippen LogP contribution in [0.5, 0.6) is 0 Å². The average molecular weight is 183 g/mol. The van der Waals surface area contributed by atoms with Crippen molar-refractivity contribution in [1.29, 1.82) is 0 Å². The van der Waals surface area contributed by atoms with E-state index in [1.807, 2.05) is 0 Å². The summed E-state index contributed by atoms with van der Waals surface area (Å²) >= 11 is 0. The van der Waals surface area contributed by atoms with Gasteiger partial charge in [-0.3, -0.25) is 0 Å². The monoisotopic (exact) mass is 183 g/mol. The van der Waals surface area contributed by atoms with Crippen LogP contribution in [-0.4, -0.2) is 12.6 Å². The van der Waals surface area contributed by atoms with Crippen molar-refractivity contribution >= 4 is 0 Å². The fourth-order valence-electron chi connectivity index (χ4n) is 2.48. The molecule has 0 aromatic rings. The van der Waals surface area contributed by atoms with Crippen LogP contribution in [0.4, 0.5) is 0 Å². The van der Waals surface area contributed by atoms with Crippen molar-refractivity contribution in [2.45, 2.75) is 64.8 Å². The summed E-state index contributed by atoms with van der Waals surface area (Å²) in [7, 11) is 0. The van der Waals surface area contributed by atoms with Crippen LogP contribution in [-0.2, 0) is 0 Å². The van der Waals surface area contributed by atoms with E-state index in [2.05, 4.69) is 19.2 Å². The highest BCUT2D eigenvalue weighted by Gasteiger charge is 2.16. The second-order valence-corrected chi connectivity index (χ2v) is 4.39. The predicted octanol–water partition coefficient (Wildman–Crippen LogP) is 3.34. The molecule has 0 aliphatic heterocycles. The van der Waals surface area contributed by atoms with Crippen molar-refractivity contribution in [3.05, 3.63) is 0 Å². The summed E-state index contributed by atoms with van der Waals surface area (Å²) in [6.45, 7) is 5.63. The third kappa shape index (κ3) is 4.12. The molecule has 0 aromatic heterocycles. The van der Waals surface area contributed by atoms with E-state index in [1.54, 1.807) is 0 Å². The van der Waals surface area contributed by atoms with Crippen LogP contribution >= 0.6 is 0 Å². The summed E-state index contributed by atoms with van der Waals surface area (Å²) < 4.78 is 0. The van der Waals surface area contributed by atoms with Crippen LogP contribution in [0.1, 0.15) is 58.8 Å². The van der Waals surface area contributed by atoms with Gasteiger partial charge in [0.25, 0.3) is 0 Å². The van der Waals surface area contributed by atoms with E-state index < -0.39 is 0 Å². The van der Waals surface area contributed by atoms with E-state index in [1.165, 1.54) is 44.9 Å². The van der Waals surface area contributed by atoms with Gasteiger partial charge in [-0.05, 0) is 31.7 Å². The van der Waals surface area contributed by atoms with Gasteiger partial charge in [0.2, 0.25) is 0 Å². The van der Waals surface area contributed by atoms with Gasteiger partial charge in [-0.15, -0.1) is 0 Å². The van der Waals surface area contributed by atoms with E-state index >= 15 is 0 Å². The maximum Gasteiger partial charge on any atom is 0.00644 e. The molecule has 0 heterocycles. The highest BCUT2D eigenvalue weighted by Crippen LogP contribution is 2.29. The summed E-state index contributed by atoms with van der Waals surface area (Å²) in [4.78, 5) is 0. The van der Waals surface area contributed by atoms with Gasteiger partial charge in [0.15, 0.2) is 0 Å². The maximum absolute atomic E-state index is 3.56. The van der Waals surface area contributed by atoms with E-state index in [0.717, 1.165) is 18.5 Å². The van der Waals surface area contributed by atoms with Crippen LogP contribution in [0, 0.1) is 5.92 Å². The first-order valence-corrected chi connectivity index (χ1v) is 6.10. The SMILES string of the molecule is CCNC(CC)CCC1CCCC1. The van der Waals surface area contributed by atoms with Crippen molar-refractivity contribution in [2.75, 3.05) is 6.54 Å². The molecule has 1 unspecified atom stereocenters. The predicted molar refractivity (Wildman–Crippen MR) is 58.9 cm³/mol. The van der Waals surface area contributed by atoms with Crippen LogP contribution in [0.25, 0.3) is 0 Å². The van der Waals surface area contributed by atoms with Gasteiger partial charge < -0.3 is 5.32 Å². The Kier molecular flexibility index (Phi) is 5.45. The first kappa shape index (κ1) is 11.0. The van der Waals surface area contributed by atoms with Crippen molar-refractivity contribution in [1.82, 2.24) is 5.32 Å². The average Bonchev–Trinajstić information content (AvgIpc) is 2.64. The Morgan fingerprint density at radius 1 is 1.23 bits per heavy atom. The lowest BCUT2D eigenvalue weighted by molar-refractivity contribution is 0.402. The third-order valence-electron chi connectivity index (χ3n) is 3.38. The van der Waals surface area contributed by atoms with E-state index in [9.17, 15) is 0 Å². The molecule has 78 valence electrons. The molecule has 13 heavy (non-hydrogen) atoms. The highest BCUT2D eigenvalue weighted by molar-refractivity contribution is 4.71. The fourth-order valence-corrected chi connectivity index (χ4v) is 2.48. The smallest absolute Gasteiger partial charge is 0.00644 e. The standard InChI is InChI=1S/C12H25N/c1-3-12(13-4-2)10-9-11-7-5-6-8-11/h11-13H,3-10H2,1-2H3. The Bertz CT molecular complexity index is 116. The molecular weight excluding hydrogens is 158 g/mol. The van der Waals surface area contributed by atoms with Gasteiger partial charge in [0, 0.05) is 6.04 Å². The van der Waals surface area contributed by atoms with Crippen LogP contribution in [0.15, 0.2) is 0 Å². The molecule has 1 heteroatoms. The molecule has 0 bridgehead atoms. The van der Waals surface area contributed by atoms with Crippen molar-refractivity contribution < 1.29 is 0 Å². The molecule has 0 saturated heterocycles. The summed E-state index contributed by atoms with van der Waals surface area (Å²) in [5.41, 5.74) is 0. The lowest BCUT2D eigenvalue weighted by Gasteiger charge is -2.17. The van der Waals surface area contributed by atoms with Crippen LogP contribution in [0.2, 0.25) is 0 Å². The molecule has 1 aliphatic carbocycles. The van der Waals surface area contributed by atoms with Gasteiger partial charge in [-0.1, -0.05) is 39.5 Å². The van der Waals surface area contributed by atoms with Gasteiger partial charge in [0.1, 0.15) is 0 Å². The molecule has 1 nitrogen and oxygen atoms in total. The summed E-state index contributed by atoms with van der Waals surface area (Å²) in [6, 6.07) is 0.783. The molecule has 1 N–H and O–H groups in total. The topological polar surface area (TPSA) is 12.0 Å². The minimum absolute atomic E-state index is 0.783. The minimum atomic E-state index is 0.783. The fraction of sp³-hybridized carbons (Fsp3) is 1.00. The Hall–Kier alpha value is -0.0400. The highest BCUT2D eigenvalue weighted by atomic mass is 14.9. The Morgan fingerprint density at radius 2 is 1.92 bits per heavy atom. The first-order chi connectivity index (χ1) is 6.36. The zero-order valence-corrected chi connectivity index (χ0v) is 9.31. The molecule has 0 radical (unpaired) electrons. The normalized spacial score (nSPS) is 20.8. The number of nitrogens with one attached hydrogen (secondary N) is 1. The first-order valence-electron chi connectivity index (χ1n) is 6.10. The molecule has 1 atom stereocenters. The molecule has 0 aromatic carbocycles. The lowest BCUT2D eigenvalue weighted by atomic mass is 9.97. The third-order valence-corrected chi connectivity index (χ3v) is 3.38. The Labute approximate surface area is 83.3 Å². The molecule has 0 spiro atoms. The van der Waals surface area contributed by atoms with E-state index in [4.69, 9.17) is 0 Å². The second kappa shape index (κ2) is 6.42. The largest absolute Gasteiger partial charge is 0.314 e. The molecular formula is C12H25N. The lowest BCUT2D eigenvalue weighted by Crippen LogP contribution is -2.28. The number of rotatable bonds is 6. The number of hydrogen-bond donors (Lipinski definition) is 1. The van der Waals surface area contributed by atoms with Crippen LogP contribution < -0.4 is 5.32 Å². The van der Waals surface area contributed by atoms with Crippen molar-refractivity contribution in [3.8, 4) is 0 Å². The van der Waals surface area contributed by atoms with E-state index in [-0.39, 0.29) is 0 Å². The Morgan fingerprint density at radius 3 is 2.46 bits per heavy atom. The van der Waals surface area contributed by atoms with Crippen molar-refractivity contribution in [3.63, 3.8) is 0 Å². The summed E-state index contributed by atoms with van der Waals surface area (Å²) in [5.74, 6) is 1.06. The van der Waals surface area contributed by atoms with Crippen LogP contribution in [0.3, 0.4) is 0 Å². The molecule has 1 aliphatic rings. The van der Waals surface area contributed by atoms with E-state index in [0.29, 0.717) is 0 Å². The van der Waals surface area contributed by atoms with Gasteiger partial charge in [-0.2, -0.15) is 0 Å². The Balaban J connectivity index is 2.07. The zero-order chi connectivity index (χ0) is 9.52. The number of hydrogen-bond acceptors (Lipinski definition) is 1. The van der Waals surface area contributed by atoms with Gasteiger partial charge >= 0.3 is 0 Å². The minimum Gasteiger partial charge on any atom is -0.314 e. The molecule has 1 fully saturated rings. The summed E-state index contributed by atoms with van der Waals surface area (Å²) in [6.07, 6.45) is 10.1. The molecule has 0 amide bonds. The molecule has 1 saturated carbocycles. The van der Waals surface area contributed by atoms with Gasteiger partial charge in [0.05, 0.1) is 0 Å². The van der Waals surface area contributed by atoms with Gasteiger partial charge in [-0.25, -0.2) is 0 Å². The van der Waals surface area contributed by atoms with Crippen molar-refractivity contribution in [2.24, 2.45) is 5.92 Å². The maximum atomic E-state index is 3.56.